The minimum Gasteiger partial charge on any atom is -0.436 e. The van der Waals surface area contributed by atoms with E-state index in [2.05, 4.69) is 37.8 Å². The Labute approximate surface area is 176 Å². The van der Waals surface area contributed by atoms with Crippen molar-refractivity contribution < 1.29 is 9.21 Å². The summed E-state index contributed by atoms with van der Waals surface area (Å²) in [5, 5.41) is 3.28. The van der Waals surface area contributed by atoms with Gasteiger partial charge in [-0.3, -0.25) is 9.69 Å². The Bertz CT molecular complexity index is 1020. The van der Waals surface area contributed by atoms with Gasteiger partial charge in [0.05, 0.1) is 15.7 Å². The summed E-state index contributed by atoms with van der Waals surface area (Å²) in [7, 11) is 0. The van der Waals surface area contributed by atoms with Gasteiger partial charge >= 0.3 is 0 Å². The number of aromatic nitrogens is 1. The Hall–Kier alpha value is -2.13. The molecule has 1 amide bonds. The summed E-state index contributed by atoms with van der Waals surface area (Å²) in [5.41, 5.74) is 9.05. The first-order chi connectivity index (χ1) is 13.6. The number of oxazole rings is 1. The summed E-state index contributed by atoms with van der Waals surface area (Å²) in [6, 6.07) is 13.0. The maximum Gasteiger partial charge on any atom is 0.253 e. The molecule has 3 saturated heterocycles. The lowest BCUT2D eigenvalue weighted by molar-refractivity contribution is 0.0554. The molecule has 7 heteroatoms. The van der Waals surface area contributed by atoms with Crippen LogP contribution in [0.4, 0.5) is 5.69 Å². The Morgan fingerprint density at radius 1 is 1.18 bits per heavy atom. The number of anilines is 1. The van der Waals surface area contributed by atoms with Crippen molar-refractivity contribution in [3.63, 3.8) is 0 Å². The summed E-state index contributed by atoms with van der Waals surface area (Å²) < 4.78 is 6.25. The summed E-state index contributed by atoms with van der Waals surface area (Å²) in [4.78, 5) is 20.2. The van der Waals surface area contributed by atoms with Gasteiger partial charge in [-0.15, -0.1) is 0 Å². The van der Waals surface area contributed by atoms with Crippen molar-refractivity contribution in [1.82, 2.24) is 15.2 Å². The third kappa shape index (κ3) is 3.06. The first-order valence-corrected chi connectivity index (χ1v) is 10.8. The summed E-state index contributed by atoms with van der Waals surface area (Å²) in [5.74, 6) is 0.964. The molecule has 0 aliphatic carbocycles. The number of nitrogens with zero attached hydrogens (tertiary/aromatic N) is 2. The largest absolute Gasteiger partial charge is 0.436 e. The number of hydrogen-bond acceptors (Lipinski definition) is 5. The molecule has 3 aromatic rings. The molecule has 144 valence electrons. The Balaban J connectivity index is 1.45. The number of carbonyl (C=O) groups excluding carboxylic acids is 1. The Kier molecular flexibility index (Phi) is 4.51. The molecule has 3 aliphatic heterocycles. The number of fused-ring (bicyclic) bond motifs is 4. The highest BCUT2D eigenvalue weighted by Crippen LogP contribution is 2.35. The maximum atomic E-state index is 13.1. The van der Waals surface area contributed by atoms with Crippen molar-refractivity contribution in [2.75, 3.05) is 18.8 Å². The van der Waals surface area contributed by atoms with Crippen LogP contribution in [-0.2, 0) is 0 Å². The number of amides is 1. The standard InChI is InChI=1S/C21H21IN4O2/c22-19-17(12-8-10-26(19)11-9-12)24-20(27)15-2-1-3-16-18(15)25-21(28-16)13-4-6-14(23)7-5-13/h1-7,12,17,19H,8-11,23H2,(H,24,27). The van der Waals surface area contributed by atoms with E-state index in [1.807, 2.05) is 42.5 Å². The fourth-order valence-electron chi connectivity index (χ4n) is 4.27. The van der Waals surface area contributed by atoms with Crippen molar-refractivity contribution in [2.24, 2.45) is 5.92 Å². The third-order valence-corrected chi connectivity index (χ3v) is 7.41. The normalized spacial score (nSPS) is 26.5. The van der Waals surface area contributed by atoms with E-state index in [9.17, 15) is 4.79 Å². The number of nitrogens with one attached hydrogen (secondary N) is 1. The van der Waals surface area contributed by atoms with E-state index in [-0.39, 0.29) is 11.9 Å². The number of carbonyl (C=O) groups is 1. The number of alkyl halides is 1. The van der Waals surface area contributed by atoms with E-state index in [1.165, 1.54) is 0 Å². The number of halogens is 1. The summed E-state index contributed by atoms with van der Waals surface area (Å²) >= 11 is 2.46. The molecule has 2 atom stereocenters. The first kappa shape index (κ1) is 17.9. The Morgan fingerprint density at radius 3 is 2.64 bits per heavy atom. The number of piperidine rings is 3. The van der Waals surface area contributed by atoms with Crippen LogP contribution in [0.1, 0.15) is 23.2 Å². The number of benzene rings is 2. The van der Waals surface area contributed by atoms with Gasteiger partial charge < -0.3 is 15.5 Å². The van der Waals surface area contributed by atoms with E-state index >= 15 is 0 Å². The monoisotopic (exact) mass is 488 g/mol. The second-order valence-electron chi connectivity index (χ2n) is 7.54. The molecule has 3 N–H and O–H groups in total. The molecule has 2 bridgehead atoms. The molecule has 1 aromatic heterocycles. The molecule has 0 spiro atoms. The zero-order chi connectivity index (χ0) is 19.3. The zero-order valence-corrected chi connectivity index (χ0v) is 17.4. The lowest BCUT2D eigenvalue weighted by atomic mass is 9.84. The maximum absolute atomic E-state index is 13.1. The fraction of sp³-hybridized carbons (Fsp3) is 0.333. The van der Waals surface area contributed by atoms with E-state index in [1.54, 1.807) is 0 Å². The van der Waals surface area contributed by atoms with Gasteiger partial charge in [-0.25, -0.2) is 4.98 Å². The van der Waals surface area contributed by atoms with Crippen LogP contribution in [0.15, 0.2) is 46.9 Å². The molecular weight excluding hydrogens is 467 g/mol. The predicted molar refractivity (Wildman–Crippen MR) is 117 cm³/mol. The van der Waals surface area contributed by atoms with Crippen molar-refractivity contribution in [3.05, 3.63) is 48.0 Å². The van der Waals surface area contributed by atoms with Gasteiger partial charge in [-0.1, -0.05) is 28.7 Å². The lowest BCUT2D eigenvalue weighted by Gasteiger charge is -2.48. The number of nitrogen functional groups attached to an aromatic ring is 1. The molecule has 28 heavy (non-hydrogen) atoms. The molecule has 0 saturated carbocycles. The quantitative estimate of drug-likeness (QED) is 0.255. The SMILES string of the molecule is Nc1ccc(-c2nc3c(C(=O)NC4C5CCN(CC5)C4I)cccc3o2)cc1. The molecule has 3 aliphatic rings. The van der Waals surface area contributed by atoms with Gasteiger partial charge in [0.1, 0.15) is 5.52 Å². The van der Waals surface area contributed by atoms with E-state index in [4.69, 9.17) is 10.2 Å². The number of nitrogens with two attached hydrogens (primary N) is 1. The molecule has 6 nitrogen and oxygen atoms in total. The summed E-state index contributed by atoms with van der Waals surface area (Å²) in [6.07, 6.45) is 2.31. The first-order valence-electron chi connectivity index (χ1n) is 9.54. The summed E-state index contributed by atoms with van der Waals surface area (Å²) in [6.45, 7) is 2.27. The second kappa shape index (κ2) is 7.04. The van der Waals surface area contributed by atoms with Gasteiger partial charge in [0, 0.05) is 11.3 Å². The van der Waals surface area contributed by atoms with Crippen molar-refractivity contribution in [3.8, 4) is 11.5 Å². The smallest absolute Gasteiger partial charge is 0.253 e. The molecule has 4 heterocycles. The topological polar surface area (TPSA) is 84.4 Å². The molecule has 6 rings (SSSR count). The van der Waals surface area contributed by atoms with Gasteiger partial charge in [-0.05, 0) is 68.2 Å². The van der Waals surface area contributed by atoms with Gasteiger partial charge in [0.2, 0.25) is 5.89 Å². The van der Waals surface area contributed by atoms with E-state index in [0.29, 0.717) is 38.2 Å². The molecule has 0 radical (unpaired) electrons. The minimum absolute atomic E-state index is 0.0804. The van der Waals surface area contributed by atoms with Gasteiger partial charge in [-0.2, -0.15) is 0 Å². The average Bonchev–Trinajstić information content (AvgIpc) is 3.15. The van der Waals surface area contributed by atoms with Crippen molar-refractivity contribution in [1.29, 1.82) is 0 Å². The molecule has 2 aromatic carbocycles. The number of para-hydroxylation sites is 1. The lowest BCUT2D eigenvalue weighted by Crippen LogP contribution is -2.61. The van der Waals surface area contributed by atoms with E-state index in [0.717, 1.165) is 31.5 Å². The van der Waals surface area contributed by atoms with Crippen LogP contribution in [0.5, 0.6) is 0 Å². The number of rotatable bonds is 3. The van der Waals surface area contributed by atoms with Crippen molar-refractivity contribution >= 4 is 45.3 Å². The van der Waals surface area contributed by atoms with Crippen LogP contribution in [-0.4, -0.2) is 39.0 Å². The van der Waals surface area contributed by atoms with Crippen LogP contribution in [0.25, 0.3) is 22.6 Å². The molecule has 2 unspecified atom stereocenters. The van der Waals surface area contributed by atoms with Crippen LogP contribution in [0.2, 0.25) is 0 Å². The average molecular weight is 488 g/mol. The highest BCUT2D eigenvalue weighted by atomic mass is 127. The highest BCUT2D eigenvalue weighted by Gasteiger charge is 2.41. The highest BCUT2D eigenvalue weighted by molar-refractivity contribution is 14.1. The predicted octanol–water partition coefficient (Wildman–Crippen LogP) is 3.66. The fourth-order valence-corrected chi connectivity index (χ4v) is 5.60. The van der Waals surface area contributed by atoms with E-state index < -0.39 is 0 Å². The number of hydrogen-bond donors (Lipinski definition) is 2. The second-order valence-corrected chi connectivity index (χ2v) is 8.81. The van der Waals surface area contributed by atoms with Crippen LogP contribution < -0.4 is 11.1 Å². The molecular formula is C21H21IN4O2. The zero-order valence-electron chi connectivity index (χ0n) is 15.3. The molecule has 3 fully saturated rings. The van der Waals surface area contributed by atoms with Crippen LogP contribution in [0, 0.1) is 5.92 Å². The van der Waals surface area contributed by atoms with Gasteiger partial charge in [0.15, 0.2) is 5.58 Å². The van der Waals surface area contributed by atoms with Crippen LogP contribution in [0.3, 0.4) is 0 Å². The minimum atomic E-state index is -0.0804. The van der Waals surface area contributed by atoms with Crippen molar-refractivity contribution in [2.45, 2.75) is 22.9 Å². The van der Waals surface area contributed by atoms with Gasteiger partial charge in [0.25, 0.3) is 5.91 Å². The Morgan fingerprint density at radius 2 is 1.93 bits per heavy atom. The third-order valence-electron chi connectivity index (χ3n) is 5.85. The van der Waals surface area contributed by atoms with Crippen LogP contribution >= 0.6 is 22.6 Å².